The third-order valence-electron chi connectivity index (χ3n) is 2.87. The number of benzene rings is 1. The summed E-state index contributed by atoms with van der Waals surface area (Å²) in [6.07, 6.45) is 0.191. The van der Waals surface area contributed by atoms with Gasteiger partial charge in [0.1, 0.15) is 0 Å². The minimum atomic E-state index is -0.422. The second kappa shape index (κ2) is 3.91. The van der Waals surface area contributed by atoms with Crippen LogP contribution < -0.4 is 9.78 Å². The van der Waals surface area contributed by atoms with Gasteiger partial charge in [-0.25, -0.2) is 0 Å². The van der Waals surface area contributed by atoms with Crippen LogP contribution in [0, 0.1) is 5.82 Å². The molecule has 1 atom stereocenters. The first kappa shape index (κ1) is 10.9. The summed E-state index contributed by atoms with van der Waals surface area (Å²) in [5, 5.41) is 2.28. The summed E-state index contributed by atoms with van der Waals surface area (Å²) in [7, 11) is 0. The number of halogens is 1. The fraction of sp³-hybridized carbons (Fsp3) is 0.273. The summed E-state index contributed by atoms with van der Waals surface area (Å²) in [4.78, 5) is 22.7. The third-order valence-corrected chi connectivity index (χ3v) is 5.51. The predicted molar refractivity (Wildman–Crippen MR) is 58.9 cm³/mol. The molecule has 4 nitrogen and oxygen atoms in total. The van der Waals surface area contributed by atoms with Crippen molar-refractivity contribution in [3.8, 4) is 0 Å². The molecule has 2 heterocycles. The van der Waals surface area contributed by atoms with Gasteiger partial charge in [-0.3, -0.25) is 0 Å². The van der Waals surface area contributed by atoms with Gasteiger partial charge in [-0.15, -0.1) is 0 Å². The Morgan fingerprint density at radius 3 is 2.88 bits per heavy atom. The third kappa shape index (κ3) is 1.78. The van der Waals surface area contributed by atoms with E-state index in [1.165, 1.54) is 6.07 Å². The molecule has 2 aliphatic rings. The van der Waals surface area contributed by atoms with Crippen LogP contribution in [0.2, 0.25) is 0 Å². The molecule has 1 aromatic carbocycles. The van der Waals surface area contributed by atoms with Crippen LogP contribution >= 0.6 is 0 Å². The van der Waals surface area contributed by atoms with Crippen LogP contribution in [0.3, 0.4) is 0 Å². The van der Waals surface area contributed by atoms with Gasteiger partial charge in [0.05, 0.1) is 0 Å². The van der Waals surface area contributed by atoms with Crippen molar-refractivity contribution in [2.45, 2.75) is 19.0 Å². The molecule has 88 valence electrons. The molecule has 2 aliphatic heterocycles. The van der Waals surface area contributed by atoms with Crippen LogP contribution in [0.5, 0.6) is 0 Å². The number of carbonyl (C=O) groups excluding carboxylic acids is 2. The van der Waals surface area contributed by atoms with Gasteiger partial charge in [0, 0.05) is 0 Å². The number of hydrogen-bond donors (Lipinski definition) is 1. The summed E-state index contributed by atoms with van der Waals surface area (Å²) in [6, 6.07) is 4.56. The number of amides is 2. The van der Waals surface area contributed by atoms with E-state index in [4.69, 9.17) is 0 Å². The fourth-order valence-corrected chi connectivity index (χ4v) is 4.44. The number of carbonyl (C=O) groups is 2. The molecular formula is C11H9FN2O2Se. The van der Waals surface area contributed by atoms with E-state index < -0.39 is 6.04 Å². The Bertz CT molecular complexity index is 520. The van der Waals surface area contributed by atoms with Gasteiger partial charge in [0.25, 0.3) is 0 Å². The molecule has 0 saturated carbocycles. The molecule has 1 unspecified atom stereocenters. The van der Waals surface area contributed by atoms with E-state index in [2.05, 4.69) is 5.32 Å². The molecule has 1 saturated heterocycles. The molecule has 17 heavy (non-hydrogen) atoms. The van der Waals surface area contributed by atoms with Crippen LogP contribution in [0.4, 0.5) is 4.39 Å². The molecule has 0 bridgehead atoms. The molecule has 1 aromatic rings. The summed E-state index contributed by atoms with van der Waals surface area (Å²) in [5.74, 6) is -0.716. The number of hydrogen-bond acceptors (Lipinski definition) is 3. The molecule has 6 heteroatoms. The summed E-state index contributed by atoms with van der Waals surface area (Å²) < 4.78 is 16.2. The van der Waals surface area contributed by atoms with Crippen LogP contribution in [0.1, 0.15) is 12.0 Å². The Labute approximate surface area is 104 Å². The number of imide groups is 1. The van der Waals surface area contributed by atoms with Crippen LogP contribution in [0.15, 0.2) is 18.2 Å². The molecular weight excluding hydrogens is 290 g/mol. The molecule has 0 spiro atoms. The molecule has 2 amide bonds. The maximum absolute atomic E-state index is 13.5. The molecule has 0 aromatic heterocycles. The van der Waals surface area contributed by atoms with Crippen LogP contribution in [0.25, 0.3) is 0 Å². The second-order valence-corrected chi connectivity index (χ2v) is 6.25. The van der Waals surface area contributed by atoms with E-state index in [-0.39, 0.29) is 39.2 Å². The average molecular weight is 299 g/mol. The maximum atomic E-state index is 13.5. The number of rotatable bonds is 1. The molecule has 1 N–H and O–H groups in total. The summed E-state index contributed by atoms with van der Waals surface area (Å²) in [5.41, 5.74) is 0.928. The Hall–Kier alpha value is -1.23. The van der Waals surface area contributed by atoms with Crippen molar-refractivity contribution in [2.75, 3.05) is 0 Å². The minimum absolute atomic E-state index is 0.191. The van der Waals surface area contributed by atoms with Gasteiger partial charge in [-0.1, -0.05) is 0 Å². The predicted octanol–water partition coefficient (Wildman–Crippen LogP) is -0.699. The van der Waals surface area contributed by atoms with Gasteiger partial charge in [0.15, 0.2) is 0 Å². The first-order valence-electron chi connectivity index (χ1n) is 5.21. The van der Waals surface area contributed by atoms with Gasteiger partial charge in [-0.05, 0) is 0 Å². The summed E-state index contributed by atoms with van der Waals surface area (Å²) in [6.45, 7) is 0.554. The van der Waals surface area contributed by atoms with Crippen molar-refractivity contribution in [1.29, 1.82) is 0 Å². The van der Waals surface area contributed by atoms with Gasteiger partial charge in [0.2, 0.25) is 0 Å². The fourth-order valence-electron chi connectivity index (χ4n) is 2.04. The van der Waals surface area contributed by atoms with E-state index in [9.17, 15) is 14.0 Å². The van der Waals surface area contributed by atoms with Gasteiger partial charge >= 0.3 is 103 Å². The first-order chi connectivity index (χ1) is 8.15. The molecule has 0 aliphatic carbocycles. The number of nitrogens with one attached hydrogen (secondary N) is 1. The van der Waals surface area contributed by atoms with E-state index in [0.29, 0.717) is 11.0 Å². The van der Waals surface area contributed by atoms with Crippen molar-refractivity contribution >= 4 is 31.5 Å². The molecule has 3 rings (SSSR count). The molecule has 1 fully saturated rings. The van der Waals surface area contributed by atoms with Crippen molar-refractivity contribution in [1.82, 2.24) is 9.23 Å². The van der Waals surface area contributed by atoms with E-state index in [1.807, 2.05) is 9.98 Å². The quantitative estimate of drug-likeness (QED) is 0.551. The normalized spacial score (nSPS) is 23.9. The Morgan fingerprint density at radius 1 is 1.41 bits per heavy atom. The van der Waals surface area contributed by atoms with E-state index in [1.54, 1.807) is 6.07 Å². The Balaban J connectivity index is 1.85. The Kier molecular flexibility index (Phi) is 2.50. The standard InChI is InChI=1S/C11H9FN2O2Se/c12-7-3-1-2-6-5-14(17-10(6)7)8-4-9(15)13-11(8)16/h1-3,8H,4-5H2,(H,13,15,16). The zero-order chi connectivity index (χ0) is 12.0. The van der Waals surface area contributed by atoms with E-state index >= 15 is 0 Å². The van der Waals surface area contributed by atoms with Crippen LogP contribution in [-0.4, -0.2) is 36.9 Å². The van der Waals surface area contributed by atoms with Crippen molar-refractivity contribution in [3.05, 3.63) is 29.6 Å². The zero-order valence-electron chi connectivity index (χ0n) is 8.77. The Morgan fingerprint density at radius 2 is 2.24 bits per heavy atom. The first-order valence-corrected chi connectivity index (χ1v) is 6.83. The second-order valence-electron chi connectivity index (χ2n) is 4.03. The molecule has 0 radical (unpaired) electrons. The summed E-state index contributed by atoms with van der Waals surface area (Å²) >= 11 is -0.215. The zero-order valence-corrected chi connectivity index (χ0v) is 10.5. The SMILES string of the molecule is O=C1CC(N2Cc3cccc(F)c3[Se]2)C(=O)N1. The van der Waals surface area contributed by atoms with Crippen molar-refractivity contribution in [2.24, 2.45) is 0 Å². The van der Waals surface area contributed by atoms with Gasteiger partial charge in [-0.2, -0.15) is 0 Å². The topological polar surface area (TPSA) is 49.4 Å². The van der Waals surface area contributed by atoms with Crippen molar-refractivity contribution in [3.63, 3.8) is 0 Å². The van der Waals surface area contributed by atoms with Crippen LogP contribution in [-0.2, 0) is 16.1 Å². The average Bonchev–Trinajstić information content (AvgIpc) is 2.82. The number of nitrogens with zero attached hydrogens (tertiary/aromatic N) is 1. The monoisotopic (exact) mass is 300 g/mol. The van der Waals surface area contributed by atoms with Crippen molar-refractivity contribution < 1.29 is 14.0 Å². The van der Waals surface area contributed by atoms with E-state index in [0.717, 1.165) is 5.56 Å². The number of fused-ring (bicyclic) bond motifs is 1. The van der Waals surface area contributed by atoms with Gasteiger partial charge < -0.3 is 0 Å².